The topological polar surface area (TPSA) is 88.1 Å². The maximum Gasteiger partial charge on any atom is 0.303 e. The standard InChI is InChI=1S/C31H33ClF2O7/c1-17(35)39-26-16-38-27(29(41-19(3)37)28(26)40-18(2)36)21-6-9-25(32)22(13-21)12-20-4-7-23(8-5-20)30-10-11-31(33,34)15-24(30)14-30/h4-9,13,24,26-29H,10-12,14-16H2,1-3H3/t24?,26-,27+,28+,29+,30?/m1/s1. The van der Waals surface area contributed by atoms with E-state index in [-0.39, 0.29) is 30.8 Å². The Hall–Kier alpha value is -3.04. The molecular formula is C31H33ClF2O7. The summed E-state index contributed by atoms with van der Waals surface area (Å²) in [5.41, 5.74) is 3.43. The fourth-order valence-electron chi connectivity index (χ4n) is 6.43. The van der Waals surface area contributed by atoms with Gasteiger partial charge in [-0.2, -0.15) is 0 Å². The molecular weight excluding hydrogens is 558 g/mol. The number of hydrogen-bond donors (Lipinski definition) is 0. The lowest BCUT2D eigenvalue weighted by molar-refractivity contribution is -0.227. The average Bonchev–Trinajstić information content (AvgIpc) is 3.60. The van der Waals surface area contributed by atoms with Crippen molar-refractivity contribution in [2.75, 3.05) is 6.61 Å². The Kier molecular flexibility index (Phi) is 8.14. The maximum atomic E-state index is 13.8. The number of carbonyl (C=O) groups excluding carboxylic acids is 3. The Labute approximate surface area is 242 Å². The molecule has 0 aromatic heterocycles. The zero-order valence-electron chi connectivity index (χ0n) is 23.2. The van der Waals surface area contributed by atoms with Crippen LogP contribution in [0.2, 0.25) is 5.02 Å². The number of esters is 3. The summed E-state index contributed by atoms with van der Waals surface area (Å²) in [6.45, 7) is 3.61. The predicted octanol–water partition coefficient (Wildman–Crippen LogP) is 5.87. The maximum absolute atomic E-state index is 13.8. The Morgan fingerprint density at radius 1 is 0.902 bits per heavy atom. The number of ether oxygens (including phenoxy) is 4. The van der Waals surface area contributed by atoms with E-state index in [1.165, 1.54) is 20.8 Å². The molecule has 2 aromatic rings. The summed E-state index contributed by atoms with van der Waals surface area (Å²) in [4.78, 5) is 35.6. The summed E-state index contributed by atoms with van der Waals surface area (Å²) < 4.78 is 50.0. The zero-order chi connectivity index (χ0) is 29.5. The average molecular weight is 591 g/mol. The quantitative estimate of drug-likeness (QED) is 0.294. The van der Waals surface area contributed by atoms with E-state index in [1.807, 2.05) is 30.3 Å². The Morgan fingerprint density at radius 2 is 1.56 bits per heavy atom. The lowest BCUT2D eigenvalue weighted by Gasteiger charge is -2.40. The summed E-state index contributed by atoms with van der Waals surface area (Å²) in [7, 11) is 0. The van der Waals surface area contributed by atoms with Crippen molar-refractivity contribution in [1.29, 1.82) is 0 Å². The molecule has 0 amide bonds. The van der Waals surface area contributed by atoms with E-state index in [9.17, 15) is 23.2 Å². The number of benzene rings is 2. The van der Waals surface area contributed by atoms with Gasteiger partial charge in [0.1, 0.15) is 6.10 Å². The highest BCUT2D eigenvalue weighted by Crippen LogP contribution is 2.65. The van der Waals surface area contributed by atoms with Crippen LogP contribution in [0.1, 0.15) is 74.8 Å². The van der Waals surface area contributed by atoms with Gasteiger partial charge in [-0.15, -0.1) is 0 Å². The van der Waals surface area contributed by atoms with Crippen molar-refractivity contribution in [1.82, 2.24) is 0 Å². The minimum Gasteiger partial charge on any atom is -0.456 e. The van der Waals surface area contributed by atoms with Crippen LogP contribution in [0.5, 0.6) is 0 Å². The van der Waals surface area contributed by atoms with Gasteiger partial charge < -0.3 is 18.9 Å². The van der Waals surface area contributed by atoms with Gasteiger partial charge in [0.2, 0.25) is 5.92 Å². The number of carbonyl (C=O) groups is 3. The van der Waals surface area contributed by atoms with E-state index >= 15 is 0 Å². The molecule has 6 atom stereocenters. The number of fused-ring (bicyclic) bond motifs is 1. The van der Waals surface area contributed by atoms with Crippen LogP contribution in [-0.2, 0) is 45.2 Å². The third kappa shape index (κ3) is 6.41. The number of halogens is 3. The molecule has 5 rings (SSSR count). The summed E-state index contributed by atoms with van der Waals surface area (Å²) in [6.07, 6.45) is -2.20. The van der Waals surface area contributed by atoms with Crippen LogP contribution in [-0.4, -0.2) is 48.7 Å². The Balaban J connectivity index is 1.36. The fourth-order valence-corrected chi connectivity index (χ4v) is 6.61. The second-order valence-corrected chi connectivity index (χ2v) is 11.8. The summed E-state index contributed by atoms with van der Waals surface area (Å²) in [5.74, 6) is -4.33. The molecule has 2 aliphatic carbocycles. The van der Waals surface area contributed by atoms with E-state index in [1.54, 1.807) is 12.1 Å². The molecule has 2 unspecified atom stereocenters. The molecule has 10 heteroatoms. The fraction of sp³-hybridized carbons (Fsp3) is 0.516. The summed E-state index contributed by atoms with van der Waals surface area (Å²) in [5, 5.41) is 0.530. The highest BCUT2D eigenvalue weighted by atomic mass is 35.5. The van der Waals surface area contributed by atoms with Crippen molar-refractivity contribution >= 4 is 29.5 Å². The van der Waals surface area contributed by atoms with Gasteiger partial charge in [0, 0.05) is 38.6 Å². The molecule has 0 bridgehead atoms. The minimum atomic E-state index is -2.55. The highest BCUT2D eigenvalue weighted by Gasteiger charge is 2.61. The lowest BCUT2D eigenvalue weighted by atomic mass is 9.81. The molecule has 2 aromatic carbocycles. The van der Waals surface area contributed by atoms with Crippen LogP contribution in [0.3, 0.4) is 0 Å². The van der Waals surface area contributed by atoms with Crippen molar-refractivity contribution in [3.05, 3.63) is 69.7 Å². The Morgan fingerprint density at radius 3 is 2.20 bits per heavy atom. The normalized spacial score (nSPS) is 30.0. The van der Waals surface area contributed by atoms with E-state index in [4.69, 9.17) is 30.5 Å². The van der Waals surface area contributed by atoms with Crippen LogP contribution in [0.15, 0.2) is 42.5 Å². The lowest BCUT2D eigenvalue weighted by Crippen LogP contribution is -2.54. The van der Waals surface area contributed by atoms with E-state index in [2.05, 4.69) is 0 Å². The van der Waals surface area contributed by atoms with Gasteiger partial charge in [-0.1, -0.05) is 48.0 Å². The molecule has 1 aliphatic heterocycles. The molecule has 2 saturated carbocycles. The van der Waals surface area contributed by atoms with E-state index in [0.717, 1.165) is 23.1 Å². The second-order valence-electron chi connectivity index (χ2n) is 11.4. The van der Waals surface area contributed by atoms with Crippen LogP contribution < -0.4 is 0 Å². The van der Waals surface area contributed by atoms with Crippen molar-refractivity contribution in [3.63, 3.8) is 0 Å². The van der Waals surface area contributed by atoms with Gasteiger partial charge in [0.25, 0.3) is 0 Å². The van der Waals surface area contributed by atoms with Crippen molar-refractivity contribution in [2.45, 2.75) is 88.6 Å². The largest absolute Gasteiger partial charge is 0.456 e. The van der Waals surface area contributed by atoms with Crippen molar-refractivity contribution in [2.24, 2.45) is 5.92 Å². The van der Waals surface area contributed by atoms with E-state index in [0.29, 0.717) is 23.4 Å². The van der Waals surface area contributed by atoms with Gasteiger partial charge in [-0.05, 0) is 58.9 Å². The van der Waals surface area contributed by atoms with Gasteiger partial charge in [-0.25, -0.2) is 8.78 Å². The molecule has 1 saturated heterocycles. The first-order valence-corrected chi connectivity index (χ1v) is 14.1. The molecule has 3 aliphatic rings. The molecule has 41 heavy (non-hydrogen) atoms. The molecule has 7 nitrogen and oxygen atoms in total. The number of rotatable bonds is 7. The summed E-state index contributed by atoms with van der Waals surface area (Å²) >= 11 is 6.57. The minimum absolute atomic E-state index is 0.0331. The van der Waals surface area contributed by atoms with Gasteiger partial charge in [0.05, 0.1) is 6.61 Å². The first-order chi connectivity index (χ1) is 19.4. The van der Waals surface area contributed by atoms with Crippen molar-refractivity contribution in [3.8, 4) is 0 Å². The van der Waals surface area contributed by atoms with Crippen LogP contribution in [0, 0.1) is 5.92 Å². The third-order valence-corrected chi connectivity index (χ3v) is 8.75. The molecule has 220 valence electrons. The molecule has 3 fully saturated rings. The first-order valence-electron chi connectivity index (χ1n) is 13.8. The molecule has 0 N–H and O–H groups in total. The summed E-state index contributed by atoms with van der Waals surface area (Å²) in [6, 6.07) is 13.4. The molecule has 0 spiro atoms. The predicted molar refractivity (Wildman–Crippen MR) is 145 cm³/mol. The van der Waals surface area contributed by atoms with E-state index < -0.39 is 48.2 Å². The SMILES string of the molecule is CC(=O)O[C@@H]1[C@@H](OC(C)=O)[C@H](c2ccc(Cl)c(Cc3ccc(C45CCC(F)(F)CC4C5)cc3)c2)OC[C@H]1OC(C)=O. The van der Waals surface area contributed by atoms with Crippen LogP contribution in [0.25, 0.3) is 0 Å². The van der Waals surface area contributed by atoms with Crippen molar-refractivity contribution < 1.29 is 42.1 Å². The van der Waals surface area contributed by atoms with Gasteiger partial charge in [-0.3, -0.25) is 14.4 Å². The molecule has 0 radical (unpaired) electrons. The number of hydrogen-bond acceptors (Lipinski definition) is 7. The molecule has 1 heterocycles. The number of alkyl halides is 2. The van der Waals surface area contributed by atoms with Crippen LogP contribution >= 0.6 is 11.6 Å². The Bertz CT molecular complexity index is 1330. The smallest absolute Gasteiger partial charge is 0.303 e. The monoisotopic (exact) mass is 590 g/mol. The van der Waals surface area contributed by atoms with Gasteiger partial charge >= 0.3 is 17.9 Å². The second kappa shape index (κ2) is 11.3. The van der Waals surface area contributed by atoms with Gasteiger partial charge in [0.15, 0.2) is 18.3 Å². The third-order valence-electron chi connectivity index (χ3n) is 8.39. The zero-order valence-corrected chi connectivity index (χ0v) is 23.9. The highest BCUT2D eigenvalue weighted by molar-refractivity contribution is 6.31. The first kappa shape index (κ1) is 29.5. The van der Waals surface area contributed by atoms with Crippen LogP contribution in [0.4, 0.5) is 8.78 Å².